The summed E-state index contributed by atoms with van der Waals surface area (Å²) in [4.78, 5) is 4.89. The number of benzene rings is 2. The Kier molecular flexibility index (Phi) is 3.91. The van der Waals surface area contributed by atoms with E-state index in [0.29, 0.717) is 12.3 Å². The summed E-state index contributed by atoms with van der Waals surface area (Å²) in [5.41, 5.74) is 3.00. The van der Waals surface area contributed by atoms with Crippen molar-refractivity contribution in [3.8, 4) is 17.0 Å². The van der Waals surface area contributed by atoms with Crippen LogP contribution in [0.15, 0.2) is 58.7 Å². The van der Waals surface area contributed by atoms with Crippen LogP contribution in [-0.2, 0) is 23.0 Å². The molecular formula is C19H17N3O3S2. The van der Waals surface area contributed by atoms with E-state index < -0.39 is 10.0 Å². The fraction of sp³-hybridized carbons (Fsp3) is 0.211. The van der Waals surface area contributed by atoms with E-state index >= 15 is 0 Å². The van der Waals surface area contributed by atoms with Crippen LogP contribution in [0.25, 0.3) is 11.3 Å². The number of ether oxygens (including phenoxy) is 1. The number of nitrogens with one attached hydrogen (secondary N) is 1. The summed E-state index contributed by atoms with van der Waals surface area (Å²) < 4.78 is 36.2. The van der Waals surface area contributed by atoms with E-state index in [4.69, 9.17) is 4.74 Å². The summed E-state index contributed by atoms with van der Waals surface area (Å²) >= 11 is 1.71. The molecule has 3 aromatic rings. The van der Waals surface area contributed by atoms with Crippen molar-refractivity contribution < 1.29 is 13.2 Å². The van der Waals surface area contributed by atoms with Gasteiger partial charge < -0.3 is 9.30 Å². The third kappa shape index (κ3) is 2.98. The normalized spacial score (nSPS) is 15.3. The monoisotopic (exact) mass is 399 g/mol. The average Bonchev–Trinajstić information content (AvgIpc) is 3.37. The number of aromatic nitrogens is 2. The number of aryl methyl sites for hydroxylation is 1. The van der Waals surface area contributed by atoms with Gasteiger partial charge in [-0.05, 0) is 29.8 Å². The van der Waals surface area contributed by atoms with Gasteiger partial charge in [0.15, 0.2) is 5.16 Å². The molecule has 0 unspecified atom stereocenters. The molecule has 1 aromatic heterocycles. The fourth-order valence-corrected chi connectivity index (χ4v) is 5.44. The van der Waals surface area contributed by atoms with Gasteiger partial charge in [-0.3, -0.25) is 4.72 Å². The van der Waals surface area contributed by atoms with Crippen molar-refractivity contribution in [1.82, 2.24) is 9.55 Å². The van der Waals surface area contributed by atoms with Gasteiger partial charge in [0.25, 0.3) is 10.0 Å². The van der Waals surface area contributed by atoms with Crippen molar-refractivity contribution in [2.75, 3.05) is 17.1 Å². The minimum atomic E-state index is -3.71. The molecule has 5 rings (SSSR count). The predicted molar refractivity (Wildman–Crippen MR) is 105 cm³/mol. The highest BCUT2D eigenvalue weighted by atomic mass is 32.2. The van der Waals surface area contributed by atoms with Gasteiger partial charge >= 0.3 is 0 Å². The van der Waals surface area contributed by atoms with Gasteiger partial charge in [-0.25, -0.2) is 13.4 Å². The number of anilines is 1. The second-order valence-electron chi connectivity index (χ2n) is 6.47. The zero-order valence-electron chi connectivity index (χ0n) is 14.4. The van der Waals surface area contributed by atoms with Gasteiger partial charge in [0.05, 0.1) is 22.9 Å². The van der Waals surface area contributed by atoms with Crippen LogP contribution in [0.3, 0.4) is 0 Å². The molecule has 0 saturated heterocycles. The maximum Gasteiger partial charge on any atom is 0.261 e. The zero-order valence-corrected chi connectivity index (χ0v) is 16.0. The highest BCUT2D eigenvalue weighted by Crippen LogP contribution is 2.34. The minimum absolute atomic E-state index is 0.240. The van der Waals surface area contributed by atoms with Crippen molar-refractivity contribution in [2.24, 2.45) is 0 Å². The molecule has 27 heavy (non-hydrogen) atoms. The Bertz CT molecular complexity index is 1120. The van der Waals surface area contributed by atoms with Crippen molar-refractivity contribution in [3.05, 3.63) is 54.2 Å². The molecule has 6 nitrogen and oxygen atoms in total. The lowest BCUT2D eigenvalue weighted by molar-refractivity contribution is 0.356. The Hall–Kier alpha value is -2.45. The molecule has 8 heteroatoms. The van der Waals surface area contributed by atoms with E-state index in [0.717, 1.165) is 46.4 Å². The lowest BCUT2D eigenvalue weighted by Gasteiger charge is -2.12. The summed E-state index contributed by atoms with van der Waals surface area (Å²) in [7, 11) is -3.71. The van der Waals surface area contributed by atoms with E-state index in [2.05, 4.69) is 14.3 Å². The van der Waals surface area contributed by atoms with Crippen LogP contribution < -0.4 is 9.46 Å². The van der Waals surface area contributed by atoms with Crippen molar-refractivity contribution in [2.45, 2.75) is 23.0 Å². The Morgan fingerprint density at radius 3 is 2.96 bits per heavy atom. The highest BCUT2D eigenvalue weighted by molar-refractivity contribution is 7.99. The van der Waals surface area contributed by atoms with Gasteiger partial charge in [0.2, 0.25) is 0 Å². The van der Waals surface area contributed by atoms with Crippen LogP contribution in [0.1, 0.15) is 5.56 Å². The van der Waals surface area contributed by atoms with Crippen LogP contribution in [0.2, 0.25) is 0 Å². The summed E-state index contributed by atoms with van der Waals surface area (Å²) in [5.74, 6) is 1.79. The van der Waals surface area contributed by atoms with Gasteiger partial charge in [0.1, 0.15) is 5.75 Å². The standard InChI is InChI=1S/C19H17N3O3S2/c23-27(24,14-5-6-18-13(11-14)7-9-25-18)21-16-4-2-1-3-15(16)17-12-22-8-10-26-19(22)20-17/h1-6,11-12,21H,7-10H2. The molecule has 0 fully saturated rings. The van der Waals surface area contributed by atoms with Gasteiger partial charge in [-0.15, -0.1) is 0 Å². The topological polar surface area (TPSA) is 73.2 Å². The second-order valence-corrected chi connectivity index (χ2v) is 9.21. The molecule has 2 aromatic carbocycles. The van der Waals surface area contributed by atoms with E-state index in [1.807, 2.05) is 24.4 Å². The minimum Gasteiger partial charge on any atom is -0.493 e. The number of imidazole rings is 1. The fourth-order valence-electron chi connectivity index (χ4n) is 3.37. The molecule has 0 aliphatic carbocycles. The third-order valence-corrected chi connectivity index (χ3v) is 7.06. The highest BCUT2D eigenvalue weighted by Gasteiger charge is 2.22. The van der Waals surface area contributed by atoms with Crippen molar-refractivity contribution in [3.63, 3.8) is 0 Å². The van der Waals surface area contributed by atoms with E-state index in [9.17, 15) is 8.42 Å². The van der Waals surface area contributed by atoms with Gasteiger partial charge in [0, 0.05) is 30.5 Å². The van der Waals surface area contributed by atoms with Crippen LogP contribution in [-0.4, -0.2) is 30.3 Å². The number of rotatable bonds is 4. The number of thioether (sulfide) groups is 1. The summed E-state index contributed by atoms with van der Waals surface area (Å²) in [6.45, 7) is 1.52. The van der Waals surface area contributed by atoms with Crippen molar-refractivity contribution in [1.29, 1.82) is 0 Å². The average molecular weight is 399 g/mol. The molecular weight excluding hydrogens is 382 g/mol. The number of hydrogen-bond acceptors (Lipinski definition) is 5. The second kappa shape index (κ2) is 6.31. The molecule has 0 atom stereocenters. The van der Waals surface area contributed by atoms with E-state index in [1.54, 1.807) is 36.0 Å². The number of fused-ring (bicyclic) bond motifs is 2. The van der Waals surface area contributed by atoms with E-state index in [1.165, 1.54) is 0 Å². The first-order valence-electron chi connectivity index (χ1n) is 8.68. The maximum atomic E-state index is 12.9. The molecule has 3 heterocycles. The Balaban J connectivity index is 1.50. The Labute approximate surface area is 161 Å². The molecule has 2 aliphatic rings. The molecule has 138 valence electrons. The summed E-state index contributed by atoms with van der Waals surface area (Å²) in [6, 6.07) is 12.3. The smallest absolute Gasteiger partial charge is 0.261 e. The third-order valence-electron chi connectivity index (χ3n) is 4.72. The van der Waals surface area contributed by atoms with E-state index in [-0.39, 0.29) is 4.90 Å². The quantitative estimate of drug-likeness (QED) is 0.728. The molecule has 2 aliphatic heterocycles. The molecule has 0 amide bonds. The SMILES string of the molecule is O=S(=O)(Nc1ccccc1-c1cn2c(n1)SCC2)c1ccc2c(c1)CCO2. The number of sulfonamides is 1. The van der Waals surface area contributed by atoms with Crippen LogP contribution >= 0.6 is 11.8 Å². The van der Waals surface area contributed by atoms with Gasteiger partial charge in [-0.2, -0.15) is 0 Å². The first-order valence-corrected chi connectivity index (χ1v) is 11.1. The van der Waals surface area contributed by atoms with Gasteiger partial charge in [-0.1, -0.05) is 30.0 Å². The number of para-hydroxylation sites is 1. The molecule has 0 saturated carbocycles. The number of hydrogen-bond donors (Lipinski definition) is 1. The molecule has 0 spiro atoms. The predicted octanol–water partition coefficient (Wildman–Crippen LogP) is 3.39. The Morgan fingerprint density at radius 1 is 1.19 bits per heavy atom. The lowest BCUT2D eigenvalue weighted by atomic mass is 10.1. The Morgan fingerprint density at radius 2 is 2.07 bits per heavy atom. The summed E-state index contributed by atoms with van der Waals surface area (Å²) in [5, 5.41) is 0.973. The molecule has 0 radical (unpaired) electrons. The largest absolute Gasteiger partial charge is 0.493 e. The maximum absolute atomic E-state index is 12.9. The zero-order chi connectivity index (χ0) is 18.4. The molecule has 0 bridgehead atoms. The van der Waals surface area contributed by atoms with Crippen LogP contribution in [0.4, 0.5) is 5.69 Å². The van der Waals surface area contributed by atoms with Crippen molar-refractivity contribution >= 4 is 27.5 Å². The molecule has 1 N–H and O–H groups in total. The first kappa shape index (κ1) is 16.7. The number of nitrogens with zero attached hydrogens (tertiary/aromatic N) is 2. The first-order chi connectivity index (χ1) is 13.1. The van der Waals surface area contributed by atoms with Crippen LogP contribution in [0.5, 0.6) is 5.75 Å². The lowest BCUT2D eigenvalue weighted by Crippen LogP contribution is -2.13. The van der Waals surface area contributed by atoms with Crippen LogP contribution in [0, 0.1) is 0 Å². The summed E-state index contributed by atoms with van der Waals surface area (Å²) in [6.07, 6.45) is 2.71.